The van der Waals surface area contributed by atoms with Crippen molar-refractivity contribution in [1.82, 2.24) is 4.37 Å². The van der Waals surface area contributed by atoms with E-state index >= 15 is 0 Å². The molecule has 0 bridgehead atoms. The second-order valence-electron chi connectivity index (χ2n) is 7.13. The van der Waals surface area contributed by atoms with Gasteiger partial charge in [-0.2, -0.15) is 0 Å². The van der Waals surface area contributed by atoms with Gasteiger partial charge in [-0.3, -0.25) is 9.17 Å². The standard InChI is InChI=1S/C24H18ClNO2S/c25-17-8-4-15(5-9-17)19-2-1-3-21-20(19)12-13-22(21)28-18-10-6-16(7-11-18)23-14-24(27)26-29-23/h1-11,14,22H,12-13H2,(H,26,27)/t22-/m1/s1. The van der Waals surface area contributed by atoms with Crippen molar-refractivity contribution >= 4 is 23.1 Å². The van der Waals surface area contributed by atoms with E-state index in [1.807, 2.05) is 36.4 Å². The van der Waals surface area contributed by atoms with Crippen molar-refractivity contribution in [3.05, 3.63) is 99.3 Å². The van der Waals surface area contributed by atoms with E-state index in [4.69, 9.17) is 16.3 Å². The van der Waals surface area contributed by atoms with Gasteiger partial charge in [-0.25, -0.2) is 0 Å². The molecule has 1 aliphatic rings. The topological polar surface area (TPSA) is 42.1 Å². The quantitative estimate of drug-likeness (QED) is 0.410. The Balaban J connectivity index is 1.39. The first-order valence-electron chi connectivity index (χ1n) is 9.51. The summed E-state index contributed by atoms with van der Waals surface area (Å²) in [6.07, 6.45) is 2.00. The van der Waals surface area contributed by atoms with E-state index in [1.54, 1.807) is 6.07 Å². The van der Waals surface area contributed by atoms with Crippen molar-refractivity contribution in [3.8, 4) is 27.3 Å². The first kappa shape index (κ1) is 18.2. The maximum Gasteiger partial charge on any atom is 0.258 e. The molecule has 1 aliphatic carbocycles. The van der Waals surface area contributed by atoms with Crippen molar-refractivity contribution in [2.24, 2.45) is 0 Å². The molecule has 3 nitrogen and oxygen atoms in total. The predicted octanol–water partition coefficient (Wildman–Crippen LogP) is 6.49. The zero-order valence-electron chi connectivity index (χ0n) is 15.5. The maximum absolute atomic E-state index is 11.3. The zero-order chi connectivity index (χ0) is 19.8. The summed E-state index contributed by atoms with van der Waals surface area (Å²) in [5, 5.41) is 0.748. The van der Waals surface area contributed by atoms with Crippen molar-refractivity contribution < 1.29 is 4.74 Å². The minimum absolute atomic E-state index is 0.0476. The van der Waals surface area contributed by atoms with Gasteiger partial charge >= 0.3 is 0 Å². The molecule has 144 valence electrons. The van der Waals surface area contributed by atoms with Gasteiger partial charge in [0.2, 0.25) is 0 Å². The zero-order valence-corrected chi connectivity index (χ0v) is 17.1. The van der Waals surface area contributed by atoms with Crippen molar-refractivity contribution in [2.75, 3.05) is 0 Å². The number of fused-ring (bicyclic) bond motifs is 1. The van der Waals surface area contributed by atoms with Gasteiger partial charge in [0, 0.05) is 11.1 Å². The lowest BCUT2D eigenvalue weighted by molar-refractivity contribution is 0.207. The van der Waals surface area contributed by atoms with Crippen LogP contribution in [0.15, 0.2) is 77.6 Å². The summed E-state index contributed by atoms with van der Waals surface area (Å²) in [6.45, 7) is 0. The van der Waals surface area contributed by atoms with Crippen LogP contribution in [-0.2, 0) is 6.42 Å². The van der Waals surface area contributed by atoms with Crippen LogP contribution in [0.5, 0.6) is 5.75 Å². The van der Waals surface area contributed by atoms with Gasteiger partial charge < -0.3 is 4.74 Å². The third-order valence-electron chi connectivity index (χ3n) is 5.31. The fourth-order valence-corrected chi connectivity index (χ4v) is 4.74. The molecule has 0 amide bonds. The molecule has 3 aromatic carbocycles. The van der Waals surface area contributed by atoms with Crippen LogP contribution in [0.4, 0.5) is 0 Å². The summed E-state index contributed by atoms with van der Waals surface area (Å²) >= 11 is 7.39. The van der Waals surface area contributed by atoms with Crippen LogP contribution in [0.25, 0.3) is 21.6 Å². The SMILES string of the molecule is O=c1cc(-c2ccc(O[C@@H]3CCc4c(-c5ccc(Cl)cc5)cccc43)cc2)s[nH]1. The van der Waals surface area contributed by atoms with Gasteiger partial charge in [-0.05, 0) is 77.1 Å². The van der Waals surface area contributed by atoms with Crippen LogP contribution < -0.4 is 10.3 Å². The number of hydrogen-bond donors (Lipinski definition) is 1. The summed E-state index contributed by atoms with van der Waals surface area (Å²) in [7, 11) is 0. The lowest BCUT2D eigenvalue weighted by Crippen LogP contribution is -2.03. The Kier molecular flexibility index (Phi) is 4.74. The van der Waals surface area contributed by atoms with Gasteiger partial charge in [-0.1, -0.05) is 53.5 Å². The highest BCUT2D eigenvalue weighted by molar-refractivity contribution is 7.09. The van der Waals surface area contributed by atoms with Crippen LogP contribution in [-0.4, -0.2) is 4.37 Å². The summed E-state index contributed by atoms with van der Waals surface area (Å²) in [5.74, 6) is 0.839. The number of rotatable bonds is 4. The minimum Gasteiger partial charge on any atom is -0.486 e. The molecule has 0 saturated carbocycles. The number of benzene rings is 3. The highest BCUT2D eigenvalue weighted by Gasteiger charge is 2.26. The van der Waals surface area contributed by atoms with Gasteiger partial charge in [0.05, 0.1) is 4.88 Å². The van der Waals surface area contributed by atoms with E-state index < -0.39 is 0 Å². The summed E-state index contributed by atoms with van der Waals surface area (Å²) in [4.78, 5) is 12.3. The van der Waals surface area contributed by atoms with Crippen molar-refractivity contribution in [2.45, 2.75) is 18.9 Å². The molecular formula is C24H18ClNO2S. The third kappa shape index (κ3) is 3.61. The van der Waals surface area contributed by atoms with Crippen LogP contribution in [0.1, 0.15) is 23.7 Å². The van der Waals surface area contributed by atoms with E-state index in [1.165, 1.54) is 33.8 Å². The Hall–Kier alpha value is -2.82. The second-order valence-corrected chi connectivity index (χ2v) is 8.41. The molecule has 0 unspecified atom stereocenters. The molecule has 5 rings (SSSR count). The first-order chi connectivity index (χ1) is 14.2. The average Bonchev–Trinajstić information content (AvgIpc) is 3.36. The summed E-state index contributed by atoms with van der Waals surface area (Å²) in [5.41, 5.74) is 5.99. The predicted molar refractivity (Wildman–Crippen MR) is 119 cm³/mol. The highest BCUT2D eigenvalue weighted by atomic mass is 35.5. The first-order valence-corrected chi connectivity index (χ1v) is 10.7. The Morgan fingerprint density at radius 2 is 1.72 bits per heavy atom. The van der Waals surface area contributed by atoms with Gasteiger partial charge in [0.1, 0.15) is 11.9 Å². The fraction of sp³-hybridized carbons (Fsp3) is 0.125. The van der Waals surface area contributed by atoms with Crippen LogP contribution in [0.3, 0.4) is 0 Å². The molecule has 29 heavy (non-hydrogen) atoms. The Bertz CT molecular complexity index is 1210. The summed E-state index contributed by atoms with van der Waals surface area (Å²) in [6, 6.07) is 24.0. The Morgan fingerprint density at radius 3 is 2.45 bits per heavy atom. The van der Waals surface area contributed by atoms with E-state index in [2.05, 4.69) is 34.7 Å². The molecular weight excluding hydrogens is 402 g/mol. The smallest absolute Gasteiger partial charge is 0.258 e. The second kappa shape index (κ2) is 7.54. The van der Waals surface area contributed by atoms with E-state index in [0.717, 1.165) is 34.1 Å². The number of ether oxygens (including phenoxy) is 1. The lowest BCUT2D eigenvalue weighted by Gasteiger charge is -2.16. The number of nitrogens with one attached hydrogen (secondary N) is 1. The number of H-pyrrole nitrogens is 1. The van der Waals surface area contributed by atoms with E-state index in [-0.39, 0.29) is 11.7 Å². The van der Waals surface area contributed by atoms with Crippen molar-refractivity contribution in [1.29, 1.82) is 0 Å². The molecule has 4 aromatic rings. The molecule has 0 radical (unpaired) electrons. The monoisotopic (exact) mass is 419 g/mol. The van der Waals surface area contributed by atoms with Gasteiger partial charge in [0.25, 0.3) is 5.56 Å². The third-order valence-corrected chi connectivity index (χ3v) is 6.44. The molecule has 0 aliphatic heterocycles. The fourth-order valence-electron chi connectivity index (χ4n) is 3.93. The number of aromatic amines is 1. The molecule has 0 fully saturated rings. The lowest BCUT2D eigenvalue weighted by atomic mass is 9.97. The normalized spacial score (nSPS) is 15.3. The number of hydrogen-bond acceptors (Lipinski definition) is 3. The maximum atomic E-state index is 11.3. The van der Waals surface area contributed by atoms with Crippen LogP contribution in [0, 0.1) is 0 Å². The molecule has 0 spiro atoms. The largest absolute Gasteiger partial charge is 0.486 e. The molecule has 1 heterocycles. The molecule has 0 saturated heterocycles. The van der Waals surface area contributed by atoms with Crippen LogP contribution >= 0.6 is 23.1 Å². The van der Waals surface area contributed by atoms with Crippen molar-refractivity contribution in [3.63, 3.8) is 0 Å². The van der Waals surface area contributed by atoms with Crippen LogP contribution in [0.2, 0.25) is 5.02 Å². The number of aromatic nitrogens is 1. The molecule has 1 aromatic heterocycles. The highest BCUT2D eigenvalue weighted by Crippen LogP contribution is 2.40. The van der Waals surface area contributed by atoms with E-state index in [9.17, 15) is 4.79 Å². The molecule has 1 atom stereocenters. The Labute approximate surface area is 177 Å². The van der Waals surface area contributed by atoms with Gasteiger partial charge in [-0.15, -0.1) is 0 Å². The molecule has 5 heteroatoms. The van der Waals surface area contributed by atoms with Gasteiger partial charge in [0.15, 0.2) is 0 Å². The minimum atomic E-state index is -0.0654. The molecule has 1 N–H and O–H groups in total. The Morgan fingerprint density at radius 1 is 0.966 bits per heavy atom. The number of halogens is 1. The van der Waals surface area contributed by atoms with E-state index in [0.29, 0.717) is 0 Å². The average molecular weight is 420 g/mol. The summed E-state index contributed by atoms with van der Waals surface area (Å²) < 4.78 is 9.04.